The molecule has 0 aromatic heterocycles. The summed E-state index contributed by atoms with van der Waals surface area (Å²) in [7, 11) is 1.16. The zero-order chi connectivity index (χ0) is 16.1. The summed E-state index contributed by atoms with van der Waals surface area (Å²) in [6.45, 7) is 0. The molecule has 0 spiro atoms. The van der Waals surface area contributed by atoms with Crippen LogP contribution >= 0.6 is 0 Å². The minimum Gasteiger partial charge on any atom is -0.469 e. The van der Waals surface area contributed by atoms with Gasteiger partial charge in [-0.1, -0.05) is 30.3 Å². The zero-order valence-electron chi connectivity index (χ0n) is 11.8. The average Bonchev–Trinajstić information content (AvgIpc) is 2.53. The third kappa shape index (κ3) is 3.20. The summed E-state index contributed by atoms with van der Waals surface area (Å²) in [4.78, 5) is 47.4. The highest BCUT2D eigenvalue weighted by molar-refractivity contribution is 6.11. The maximum Gasteiger partial charge on any atom is 0.308 e. The van der Waals surface area contributed by atoms with Crippen LogP contribution in [0.5, 0.6) is 0 Å². The van der Waals surface area contributed by atoms with Crippen LogP contribution in [-0.4, -0.2) is 42.2 Å². The predicted molar refractivity (Wildman–Crippen MR) is 75.9 cm³/mol. The van der Waals surface area contributed by atoms with E-state index in [-0.39, 0.29) is 18.5 Å². The molecule has 7 nitrogen and oxygen atoms in total. The van der Waals surface area contributed by atoms with Crippen LogP contribution < -0.4 is 5.32 Å². The molecule has 114 valence electrons. The van der Waals surface area contributed by atoms with Gasteiger partial charge in [0.2, 0.25) is 12.3 Å². The van der Waals surface area contributed by atoms with Gasteiger partial charge in [-0.05, 0) is 11.6 Å². The van der Waals surface area contributed by atoms with E-state index >= 15 is 0 Å². The summed E-state index contributed by atoms with van der Waals surface area (Å²) in [6.07, 6.45) is 1.32. The van der Waals surface area contributed by atoms with Crippen molar-refractivity contribution in [1.82, 2.24) is 10.2 Å². The maximum atomic E-state index is 12.2. The van der Waals surface area contributed by atoms with E-state index < -0.39 is 23.8 Å². The lowest BCUT2D eigenvalue weighted by Gasteiger charge is -2.31. The number of hydrogen-bond donors (Lipinski definition) is 1. The molecule has 1 atom stereocenters. The maximum absolute atomic E-state index is 12.2. The first kappa shape index (κ1) is 15.4. The summed E-state index contributed by atoms with van der Waals surface area (Å²) in [5, 5.41) is 2.42. The Morgan fingerprint density at radius 1 is 1.32 bits per heavy atom. The second-order valence-corrected chi connectivity index (χ2v) is 4.57. The van der Waals surface area contributed by atoms with Gasteiger partial charge in [0.1, 0.15) is 11.7 Å². The Balaban J connectivity index is 2.28. The third-order valence-corrected chi connectivity index (χ3v) is 3.17. The fourth-order valence-corrected chi connectivity index (χ4v) is 2.04. The average molecular weight is 302 g/mol. The molecule has 1 aliphatic heterocycles. The Bertz CT molecular complexity index is 639. The molecule has 0 bridgehead atoms. The number of benzene rings is 1. The number of amides is 3. The summed E-state index contributed by atoms with van der Waals surface area (Å²) >= 11 is 0. The highest BCUT2D eigenvalue weighted by Crippen LogP contribution is 2.16. The molecule has 2 rings (SSSR count). The highest BCUT2D eigenvalue weighted by Gasteiger charge is 2.39. The lowest BCUT2D eigenvalue weighted by molar-refractivity contribution is -0.152. The number of rotatable bonds is 4. The van der Waals surface area contributed by atoms with E-state index in [1.54, 1.807) is 24.3 Å². The van der Waals surface area contributed by atoms with E-state index in [0.717, 1.165) is 7.11 Å². The van der Waals surface area contributed by atoms with Gasteiger partial charge in [0.05, 0.1) is 13.5 Å². The molecule has 1 aliphatic rings. The van der Waals surface area contributed by atoms with Crippen molar-refractivity contribution in [3.63, 3.8) is 0 Å². The number of hydrogen-bond acceptors (Lipinski definition) is 5. The highest BCUT2D eigenvalue weighted by atomic mass is 16.5. The van der Waals surface area contributed by atoms with E-state index in [1.165, 1.54) is 6.08 Å². The Morgan fingerprint density at radius 2 is 2.00 bits per heavy atom. The normalized spacial score (nSPS) is 19.8. The first-order valence-corrected chi connectivity index (χ1v) is 6.49. The molecule has 1 heterocycles. The molecule has 3 amide bonds. The van der Waals surface area contributed by atoms with Crippen LogP contribution in [-0.2, 0) is 23.9 Å². The molecule has 1 saturated heterocycles. The smallest absolute Gasteiger partial charge is 0.308 e. The van der Waals surface area contributed by atoms with Crippen molar-refractivity contribution < 1.29 is 23.9 Å². The topological polar surface area (TPSA) is 92.8 Å². The van der Waals surface area contributed by atoms with Crippen LogP contribution in [0, 0.1) is 0 Å². The number of esters is 1. The Morgan fingerprint density at radius 3 is 2.59 bits per heavy atom. The van der Waals surface area contributed by atoms with Crippen LogP contribution in [0.4, 0.5) is 0 Å². The van der Waals surface area contributed by atoms with Gasteiger partial charge in [-0.15, -0.1) is 0 Å². The first-order valence-electron chi connectivity index (χ1n) is 6.49. The van der Waals surface area contributed by atoms with Crippen molar-refractivity contribution in [3.05, 3.63) is 41.6 Å². The number of nitrogens with one attached hydrogen (secondary N) is 1. The number of carbonyl (C=O) groups is 4. The summed E-state index contributed by atoms with van der Waals surface area (Å²) < 4.78 is 4.46. The van der Waals surface area contributed by atoms with Crippen molar-refractivity contribution >= 4 is 30.3 Å². The largest absolute Gasteiger partial charge is 0.469 e. The Hall–Kier alpha value is -2.96. The van der Waals surface area contributed by atoms with Crippen LogP contribution in [0.25, 0.3) is 6.08 Å². The second kappa shape index (κ2) is 6.66. The molecular weight excluding hydrogens is 288 g/mol. The molecule has 1 aromatic carbocycles. The van der Waals surface area contributed by atoms with Crippen molar-refractivity contribution in [2.24, 2.45) is 0 Å². The number of carbonyl (C=O) groups excluding carboxylic acids is 4. The van der Waals surface area contributed by atoms with Crippen molar-refractivity contribution in [3.8, 4) is 0 Å². The van der Waals surface area contributed by atoms with E-state index in [4.69, 9.17) is 0 Å². The van der Waals surface area contributed by atoms with E-state index in [2.05, 4.69) is 10.1 Å². The van der Waals surface area contributed by atoms with Crippen molar-refractivity contribution in [2.45, 2.75) is 12.5 Å². The molecule has 0 aliphatic carbocycles. The second-order valence-electron chi connectivity index (χ2n) is 4.57. The molecule has 22 heavy (non-hydrogen) atoms. The van der Waals surface area contributed by atoms with Gasteiger partial charge in [0.25, 0.3) is 5.91 Å². The van der Waals surface area contributed by atoms with Crippen LogP contribution in [0.1, 0.15) is 12.0 Å². The predicted octanol–water partition coefficient (Wildman–Crippen LogP) is 0.0740. The lowest BCUT2D eigenvalue weighted by atomic mass is 10.1. The standard InChI is InChI=1S/C15H14N2O5/c1-22-13(19)8-12-14(20)16-11(15(21)17(12)9-18)7-10-5-3-2-4-6-10/h2-7,9,12H,8H2,1H3,(H,16,20)/b11-7-. The van der Waals surface area contributed by atoms with Gasteiger partial charge in [-0.2, -0.15) is 0 Å². The van der Waals surface area contributed by atoms with Gasteiger partial charge < -0.3 is 10.1 Å². The summed E-state index contributed by atoms with van der Waals surface area (Å²) in [5.74, 6) is -1.97. The molecular formula is C15H14N2O5. The van der Waals surface area contributed by atoms with Gasteiger partial charge in [-0.25, -0.2) is 0 Å². The quantitative estimate of drug-likeness (QED) is 0.483. The summed E-state index contributed by atoms with van der Waals surface area (Å²) in [6, 6.07) is 7.66. The van der Waals surface area contributed by atoms with Crippen molar-refractivity contribution in [2.75, 3.05) is 7.11 Å². The zero-order valence-corrected chi connectivity index (χ0v) is 11.8. The van der Waals surface area contributed by atoms with Gasteiger partial charge in [0.15, 0.2) is 0 Å². The molecule has 1 aromatic rings. The van der Waals surface area contributed by atoms with Crippen LogP contribution in [0.15, 0.2) is 36.0 Å². The molecule has 0 saturated carbocycles. The summed E-state index contributed by atoms with van der Waals surface area (Å²) in [5.41, 5.74) is 0.674. The molecule has 1 N–H and O–H groups in total. The number of piperazine rings is 1. The number of ether oxygens (including phenoxy) is 1. The lowest BCUT2D eigenvalue weighted by Crippen LogP contribution is -2.57. The van der Waals surface area contributed by atoms with Crippen LogP contribution in [0.3, 0.4) is 0 Å². The monoisotopic (exact) mass is 302 g/mol. The van der Waals surface area contributed by atoms with E-state index in [9.17, 15) is 19.2 Å². The van der Waals surface area contributed by atoms with E-state index in [1.807, 2.05) is 6.07 Å². The van der Waals surface area contributed by atoms with Gasteiger partial charge >= 0.3 is 5.97 Å². The van der Waals surface area contributed by atoms with E-state index in [0.29, 0.717) is 10.5 Å². The first-order chi connectivity index (χ1) is 10.6. The number of methoxy groups -OCH3 is 1. The SMILES string of the molecule is COC(=O)CC1C(=O)N/C(=C\c2ccccc2)C(=O)N1C=O. The van der Waals surface area contributed by atoms with Gasteiger partial charge in [0, 0.05) is 0 Å². The third-order valence-electron chi connectivity index (χ3n) is 3.17. The number of nitrogens with zero attached hydrogens (tertiary/aromatic N) is 1. The minimum atomic E-state index is -1.20. The Labute approximate surface area is 126 Å². The molecule has 1 fully saturated rings. The Kier molecular flexibility index (Phi) is 4.67. The molecule has 7 heteroatoms. The van der Waals surface area contributed by atoms with Crippen LogP contribution in [0.2, 0.25) is 0 Å². The van der Waals surface area contributed by atoms with Gasteiger partial charge in [-0.3, -0.25) is 24.1 Å². The number of imide groups is 1. The fourth-order valence-electron chi connectivity index (χ4n) is 2.04. The minimum absolute atomic E-state index is 0.0237. The van der Waals surface area contributed by atoms with Crippen molar-refractivity contribution in [1.29, 1.82) is 0 Å². The molecule has 0 radical (unpaired) electrons. The molecule has 1 unspecified atom stereocenters. The fraction of sp³-hybridized carbons (Fsp3) is 0.200.